The van der Waals surface area contributed by atoms with Gasteiger partial charge in [0, 0.05) is 19.6 Å². The molecule has 2 atom stereocenters. The van der Waals surface area contributed by atoms with Gasteiger partial charge in [-0.05, 0) is 46.0 Å². The summed E-state index contributed by atoms with van der Waals surface area (Å²) in [5.74, 6) is -1.27. The number of hydrogen-bond acceptors (Lipinski definition) is 4. The predicted molar refractivity (Wildman–Crippen MR) is 92.1 cm³/mol. The van der Waals surface area contributed by atoms with Gasteiger partial charge in [-0.15, -0.1) is 0 Å². The molecule has 2 aliphatic heterocycles. The molecule has 0 aliphatic carbocycles. The Morgan fingerprint density at radius 1 is 1.20 bits per heavy atom. The smallest absolute Gasteiger partial charge is 0.410 e. The number of aliphatic carboxylic acids is 1. The van der Waals surface area contributed by atoms with E-state index in [-0.39, 0.29) is 11.8 Å². The Hall–Kier alpha value is -1.79. The molecule has 2 heterocycles. The predicted octanol–water partition coefficient (Wildman–Crippen LogP) is 2.35. The summed E-state index contributed by atoms with van der Waals surface area (Å²) in [6.45, 7) is 10.3. The van der Waals surface area contributed by atoms with Crippen LogP contribution in [0.2, 0.25) is 0 Å². The zero-order valence-corrected chi connectivity index (χ0v) is 15.9. The summed E-state index contributed by atoms with van der Waals surface area (Å²) in [5.41, 5.74) is -1.25. The van der Waals surface area contributed by atoms with Crippen LogP contribution < -0.4 is 0 Å². The number of ether oxygens (including phenoxy) is 1. The fourth-order valence-corrected chi connectivity index (χ4v) is 3.88. The zero-order chi connectivity index (χ0) is 19.0. The maximum atomic E-state index is 13.1. The lowest BCUT2D eigenvalue weighted by molar-refractivity contribution is -0.160. The van der Waals surface area contributed by atoms with Gasteiger partial charge in [-0.2, -0.15) is 0 Å². The number of hydrogen-bond donors (Lipinski definition) is 1. The quantitative estimate of drug-likeness (QED) is 0.840. The molecular weight excluding hydrogens is 324 g/mol. The number of carboxylic acids is 1. The van der Waals surface area contributed by atoms with Crippen LogP contribution in [0, 0.1) is 11.3 Å². The number of likely N-dealkylation sites (tertiary alicyclic amines) is 2. The van der Waals surface area contributed by atoms with Gasteiger partial charge < -0.3 is 19.6 Å². The summed E-state index contributed by atoms with van der Waals surface area (Å²) in [6.07, 6.45) is 1.59. The number of nitrogens with zero attached hydrogens (tertiary/aromatic N) is 2. The molecule has 2 aliphatic rings. The van der Waals surface area contributed by atoms with Crippen LogP contribution in [-0.2, 0) is 14.3 Å². The number of carboxylic acid groups (broad SMARTS) is 1. The van der Waals surface area contributed by atoms with Gasteiger partial charge in [-0.25, -0.2) is 9.59 Å². The largest absolute Gasteiger partial charge is 0.480 e. The third-order valence-electron chi connectivity index (χ3n) is 4.99. The van der Waals surface area contributed by atoms with Crippen LogP contribution in [0.5, 0.6) is 0 Å². The second-order valence-electron chi connectivity index (χ2n) is 8.56. The molecule has 0 aromatic heterocycles. The summed E-state index contributed by atoms with van der Waals surface area (Å²) in [6, 6.07) is -0.819. The number of rotatable bonds is 3. The van der Waals surface area contributed by atoms with E-state index in [4.69, 9.17) is 4.74 Å². The van der Waals surface area contributed by atoms with E-state index in [1.165, 1.54) is 4.90 Å². The first-order chi connectivity index (χ1) is 11.5. The van der Waals surface area contributed by atoms with Gasteiger partial charge in [0.1, 0.15) is 11.6 Å². The average Bonchev–Trinajstić information content (AvgIpc) is 2.87. The lowest BCUT2D eigenvalue weighted by atomic mass is 9.77. The van der Waals surface area contributed by atoms with Crippen molar-refractivity contribution in [2.24, 2.45) is 11.3 Å². The fourth-order valence-electron chi connectivity index (χ4n) is 3.88. The molecule has 7 heteroatoms. The molecule has 0 unspecified atom stereocenters. The van der Waals surface area contributed by atoms with Gasteiger partial charge in [0.25, 0.3) is 0 Å². The normalized spacial score (nSPS) is 25.6. The lowest BCUT2D eigenvalue weighted by Crippen LogP contribution is -2.57. The number of amides is 2. The summed E-state index contributed by atoms with van der Waals surface area (Å²) in [4.78, 5) is 40.2. The molecule has 2 amide bonds. The third kappa shape index (κ3) is 4.07. The highest BCUT2D eigenvalue weighted by Crippen LogP contribution is 2.41. The van der Waals surface area contributed by atoms with Crippen molar-refractivity contribution in [3.63, 3.8) is 0 Å². The molecule has 0 bridgehead atoms. The van der Waals surface area contributed by atoms with E-state index in [9.17, 15) is 19.5 Å². The Kier molecular flexibility index (Phi) is 5.35. The Balaban J connectivity index is 2.15. The van der Waals surface area contributed by atoms with Crippen molar-refractivity contribution in [1.29, 1.82) is 0 Å². The van der Waals surface area contributed by atoms with Crippen molar-refractivity contribution >= 4 is 18.0 Å². The van der Waals surface area contributed by atoms with Crippen molar-refractivity contribution in [2.75, 3.05) is 19.6 Å². The van der Waals surface area contributed by atoms with E-state index >= 15 is 0 Å². The Morgan fingerprint density at radius 2 is 1.84 bits per heavy atom. The first kappa shape index (κ1) is 19.5. The van der Waals surface area contributed by atoms with E-state index in [1.807, 2.05) is 34.6 Å². The molecule has 2 rings (SSSR count). The molecule has 0 radical (unpaired) electrons. The first-order valence-corrected chi connectivity index (χ1v) is 8.99. The van der Waals surface area contributed by atoms with Crippen LogP contribution in [-0.4, -0.2) is 64.2 Å². The molecule has 0 aromatic carbocycles. The number of carbonyl (C=O) groups excluding carboxylic acids is 2. The van der Waals surface area contributed by atoms with Gasteiger partial charge in [0.05, 0.1) is 5.41 Å². The molecule has 2 saturated heterocycles. The Labute approximate surface area is 149 Å². The van der Waals surface area contributed by atoms with Crippen molar-refractivity contribution in [1.82, 2.24) is 9.80 Å². The average molecular weight is 354 g/mol. The van der Waals surface area contributed by atoms with E-state index < -0.39 is 29.1 Å². The van der Waals surface area contributed by atoms with Crippen LogP contribution in [0.4, 0.5) is 4.79 Å². The Morgan fingerprint density at radius 3 is 2.36 bits per heavy atom. The minimum Gasteiger partial charge on any atom is -0.480 e. The topological polar surface area (TPSA) is 87.2 Å². The molecule has 7 nitrogen and oxygen atoms in total. The monoisotopic (exact) mass is 354 g/mol. The number of carbonyl (C=O) groups is 3. The first-order valence-electron chi connectivity index (χ1n) is 8.99. The molecule has 1 N–H and O–H groups in total. The highest BCUT2D eigenvalue weighted by Gasteiger charge is 2.52. The van der Waals surface area contributed by atoms with Crippen LogP contribution in [0.1, 0.15) is 53.9 Å². The van der Waals surface area contributed by atoms with Crippen molar-refractivity contribution in [3.05, 3.63) is 0 Å². The van der Waals surface area contributed by atoms with Crippen molar-refractivity contribution in [3.8, 4) is 0 Å². The minimum atomic E-state index is -0.970. The van der Waals surface area contributed by atoms with Crippen LogP contribution >= 0.6 is 0 Å². The molecule has 25 heavy (non-hydrogen) atoms. The van der Waals surface area contributed by atoms with Gasteiger partial charge in [-0.1, -0.05) is 13.8 Å². The van der Waals surface area contributed by atoms with Crippen molar-refractivity contribution < 1.29 is 24.2 Å². The second kappa shape index (κ2) is 6.84. The summed E-state index contributed by atoms with van der Waals surface area (Å²) < 4.78 is 5.41. The minimum absolute atomic E-state index is 0.133. The van der Waals surface area contributed by atoms with Crippen molar-refractivity contribution in [2.45, 2.75) is 65.5 Å². The molecule has 1 spiro atoms. The van der Waals surface area contributed by atoms with Gasteiger partial charge in [0.15, 0.2) is 0 Å². The summed E-state index contributed by atoms with van der Waals surface area (Å²) >= 11 is 0. The van der Waals surface area contributed by atoms with E-state index in [0.29, 0.717) is 32.5 Å². The van der Waals surface area contributed by atoms with E-state index in [1.54, 1.807) is 4.90 Å². The Bertz CT molecular complexity index is 554. The molecule has 0 saturated carbocycles. The highest BCUT2D eigenvalue weighted by atomic mass is 16.6. The maximum absolute atomic E-state index is 13.1. The number of piperidine rings is 1. The molecular formula is C18H30N2O5. The van der Waals surface area contributed by atoms with Crippen LogP contribution in [0.3, 0.4) is 0 Å². The maximum Gasteiger partial charge on any atom is 0.410 e. The van der Waals surface area contributed by atoms with Crippen LogP contribution in [0.25, 0.3) is 0 Å². The fraction of sp³-hybridized carbons (Fsp3) is 0.833. The SMILES string of the molecule is CC(C)[C@@H](C(=O)O)N1CCC[C@@]2(CCN(C(=O)OC(C)(C)C)C2)C1=O. The third-order valence-corrected chi connectivity index (χ3v) is 4.99. The lowest BCUT2D eigenvalue weighted by Gasteiger charge is -2.42. The summed E-state index contributed by atoms with van der Waals surface area (Å²) in [5, 5.41) is 9.53. The standard InChI is InChI=1S/C18H30N2O5/c1-12(2)13(14(21)22)20-9-6-7-18(15(20)23)8-10-19(11-18)16(24)25-17(3,4)5/h12-13H,6-11H2,1-5H3,(H,21,22)/t13-,18-/m0/s1. The second-order valence-corrected chi connectivity index (χ2v) is 8.56. The molecule has 142 valence electrons. The van der Waals surface area contributed by atoms with Gasteiger partial charge in [0.2, 0.25) is 5.91 Å². The van der Waals surface area contributed by atoms with Crippen LogP contribution in [0.15, 0.2) is 0 Å². The molecule has 2 fully saturated rings. The van der Waals surface area contributed by atoms with Gasteiger partial charge in [-0.3, -0.25) is 4.79 Å². The zero-order valence-electron chi connectivity index (χ0n) is 15.9. The van der Waals surface area contributed by atoms with E-state index in [0.717, 1.165) is 6.42 Å². The van der Waals surface area contributed by atoms with E-state index in [2.05, 4.69) is 0 Å². The van der Waals surface area contributed by atoms with Gasteiger partial charge >= 0.3 is 12.1 Å². The summed E-state index contributed by atoms with van der Waals surface area (Å²) in [7, 11) is 0. The highest BCUT2D eigenvalue weighted by molar-refractivity contribution is 5.89. The molecule has 0 aromatic rings.